The lowest BCUT2D eigenvalue weighted by Gasteiger charge is -2.40. The maximum absolute atomic E-state index is 14.3. The summed E-state index contributed by atoms with van der Waals surface area (Å²) in [5.74, 6) is -26.3. The monoisotopic (exact) mass is 572 g/mol. The van der Waals surface area contributed by atoms with Crippen molar-refractivity contribution in [1.29, 1.82) is 0 Å². The van der Waals surface area contributed by atoms with E-state index in [1.807, 2.05) is 4.74 Å². The highest BCUT2D eigenvalue weighted by Gasteiger charge is 2.85. The van der Waals surface area contributed by atoms with E-state index in [9.17, 15) is 79.4 Å². The van der Waals surface area contributed by atoms with Crippen LogP contribution < -0.4 is 5.32 Å². The molecule has 0 spiro atoms. The summed E-state index contributed by atoms with van der Waals surface area (Å²) < 4.78 is 225. The van der Waals surface area contributed by atoms with Crippen LogP contribution in [0.4, 0.5) is 80.3 Å². The van der Waals surface area contributed by atoms with E-state index in [1.165, 1.54) is 4.74 Å². The van der Waals surface area contributed by atoms with Crippen LogP contribution in [0.25, 0.3) is 0 Å². The van der Waals surface area contributed by atoms with Gasteiger partial charge in [-0.25, -0.2) is 0 Å². The molecule has 0 fully saturated rings. The fraction of sp³-hybridized carbons (Fsp3) is 0.571. The Hall–Kier alpha value is -2.65. The number of pyridine rings is 1. The van der Waals surface area contributed by atoms with Crippen LogP contribution in [0, 0.1) is 0 Å². The van der Waals surface area contributed by atoms with Gasteiger partial charge in [0.2, 0.25) is 0 Å². The summed E-state index contributed by atoms with van der Waals surface area (Å²) >= 11 is 0. The number of ether oxygens (including phenoxy) is 2. The fourth-order valence-corrected chi connectivity index (χ4v) is 1.81. The number of nitrogens with zero attached hydrogens (tertiary/aromatic N) is 1. The van der Waals surface area contributed by atoms with Crippen LogP contribution in [0.2, 0.25) is 0 Å². The zero-order valence-electron chi connectivity index (χ0n) is 15.9. The molecule has 1 aromatic rings. The molecule has 0 saturated heterocycles. The van der Waals surface area contributed by atoms with Crippen molar-refractivity contribution in [1.82, 2.24) is 4.98 Å². The molecule has 0 radical (unpaired) electrons. The molecule has 0 aromatic carbocycles. The minimum Gasteiger partial charge on any atom is -0.319 e. The fourth-order valence-electron chi connectivity index (χ4n) is 1.81. The molecular formula is C14H5F17N2O3. The first-order chi connectivity index (χ1) is 15.7. The Labute approximate surface area is 185 Å². The summed E-state index contributed by atoms with van der Waals surface area (Å²) in [7, 11) is 0. The number of rotatable bonds is 8. The van der Waals surface area contributed by atoms with Crippen molar-refractivity contribution in [3.63, 3.8) is 0 Å². The summed E-state index contributed by atoms with van der Waals surface area (Å²) in [5.41, 5.74) is -1.00. The topological polar surface area (TPSA) is 60.5 Å². The standard InChI is InChI=1S/C14H5F17N2O3/c15-7(10(19,20)21,6(34)33-5-2-1-3-32-4-5)35-14(30,31)9(18,12(25,26)27)36-13(28,29)8(16,17)11(22,23)24/h1-4H,(H,33,34). The van der Waals surface area contributed by atoms with Gasteiger partial charge in [-0.3, -0.25) is 19.3 Å². The van der Waals surface area contributed by atoms with E-state index >= 15 is 0 Å². The Bertz CT molecular complexity index is 929. The van der Waals surface area contributed by atoms with Gasteiger partial charge < -0.3 is 5.32 Å². The van der Waals surface area contributed by atoms with E-state index in [-0.39, 0.29) is 0 Å². The van der Waals surface area contributed by atoms with Gasteiger partial charge in [-0.1, -0.05) is 0 Å². The molecule has 5 nitrogen and oxygen atoms in total. The van der Waals surface area contributed by atoms with Crippen molar-refractivity contribution in [3.8, 4) is 0 Å². The van der Waals surface area contributed by atoms with Crippen molar-refractivity contribution < 1.29 is 88.9 Å². The average Bonchev–Trinajstić information content (AvgIpc) is 2.65. The normalized spacial score (nSPS) is 17.8. The van der Waals surface area contributed by atoms with Crippen LogP contribution in [0.15, 0.2) is 24.5 Å². The number of anilines is 1. The number of carbonyl (C=O) groups is 1. The molecule has 2 atom stereocenters. The molecule has 208 valence electrons. The predicted molar refractivity (Wildman–Crippen MR) is 75.7 cm³/mol. The molecule has 0 saturated carbocycles. The smallest absolute Gasteiger partial charge is 0.319 e. The first kappa shape index (κ1) is 31.4. The molecule has 36 heavy (non-hydrogen) atoms. The largest absolute Gasteiger partial charge is 0.462 e. The Morgan fingerprint density at radius 2 is 1.19 bits per heavy atom. The van der Waals surface area contributed by atoms with Gasteiger partial charge in [0.1, 0.15) is 0 Å². The molecule has 1 rings (SSSR count). The third-order valence-corrected chi connectivity index (χ3v) is 3.57. The molecule has 0 aliphatic heterocycles. The van der Waals surface area contributed by atoms with Crippen molar-refractivity contribution in [2.75, 3.05) is 5.32 Å². The van der Waals surface area contributed by atoms with E-state index in [0.717, 1.165) is 17.6 Å². The third kappa shape index (κ3) is 5.52. The molecule has 1 N–H and O–H groups in total. The zero-order valence-corrected chi connectivity index (χ0v) is 15.9. The first-order valence-electron chi connectivity index (χ1n) is 7.99. The maximum Gasteiger partial charge on any atom is 0.462 e. The van der Waals surface area contributed by atoms with Crippen LogP contribution in [0.3, 0.4) is 0 Å². The Morgan fingerprint density at radius 1 is 0.694 bits per heavy atom. The van der Waals surface area contributed by atoms with Gasteiger partial charge in [0.05, 0.1) is 11.9 Å². The molecule has 0 bridgehead atoms. The van der Waals surface area contributed by atoms with E-state index in [4.69, 9.17) is 0 Å². The summed E-state index contributed by atoms with van der Waals surface area (Å²) in [6.45, 7) is 0. The molecule has 1 heterocycles. The third-order valence-electron chi connectivity index (χ3n) is 3.57. The second-order valence-corrected chi connectivity index (χ2v) is 6.19. The van der Waals surface area contributed by atoms with Crippen LogP contribution in [-0.2, 0) is 14.3 Å². The highest BCUT2D eigenvalue weighted by molar-refractivity contribution is 5.96. The second kappa shape index (κ2) is 9.03. The number of amides is 1. The van der Waals surface area contributed by atoms with Crippen molar-refractivity contribution in [2.45, 2.75) is 48.4 Å². The van der Waals surface area contributed by atoms with Gasteiger partial charge >= 0.3 is 48.4 Å². The maximum atomic E-state index is 14.3. The van der Waals surface area contributed by atoms with Crippen LogP contribution in [0.5, 0.6) is 0 Å². The van der Waals surface area contributed by atoms with Crippen molar-refractivity contribution in [2.24, 2.45) is 0 Å². The van der Waals surface area contributed by atoms with E-state index in [1.54, 1.807) is 0 Å². The predicted octanol–water partition coefficient (Wildman–Crippen LogP) is 5.89. The van der Waals surface area contributed by atoms with Gasteiger partial charge in [-0.2, -0.15) is 74.6 Å². The zero-order chi connectivity index (χ0) is 28.8. The Morgan fingerprint density at radius 3 is 1.56 bits per heavy atom. The van der Waals surface area contributed by atoms with E-state index in [0.29, 0.717) is 12.3 Å². The molecule has 0 aliphatic rings. The summed E-state index contributed by atoms with van der Waals surface area (Å²) in [4.78, 5) is 14.7. The molecule has 22 heteroatoms. The van der Waals surface area contributed by atoms with Gasteiger partial charge in [0.15, 0.2) is 0 Å². The number of nitrogens with one attached hydrogen (secondary N) is 1. The number of aromatic nitrogens is 1. The lowest BCUT2D eigenvalue weighted by Crippen LogP contribution is -2.68. The summed E-state index contributed by atoms with van der Waals surface area (Å²) in [6.07, 6.45) is -37.3. The minimum absolute atomic E-state index is 0.380. The number of carbonyl (C=O) groups excluding carboxylic acids is 1. The van der Waals surface area contributed by atoms with E-state index in [2.05, 4.69) is 4.98 Å². The van der Waals surface area contributed by atoms with Crippen molar-refractivity contribution >= 4 is 11.6 Å². The molecular weight excluding hydrogens is 567 g/mol. The van der Waals surface area contributed by atoms with E-state index < -0.39 is 60.0 Å². The van der Waals surface area contributed by atoms with Gasteiger partial charge in [0, 0.05) is 6.20 Å². The number of hydrogen-bond acceptors (Lipinski definition) is 4. The Balaban J connectivity index is 3.61. The highest BCUT2D eigenvalue weighted by Crippen LogP contribution is 2.56. The first-order valence-corrected chi connectivity index (χ1v) is 7.99. The minimum atomic E-state index is -8.06. The van der Waals surface area contributed by atoms with Gasteiger partial charge in [-0.15, -0.1) is 0 Å². The summed E-state index contributed by atoms with van der Waals surface area (Å²) in [6, 6.07) is 1.36. The number of hydrogen-bond donors (Lipinski definition) is 1. The van der Waals surface area contributed by atoms with Crippen LogP contribution in [0.1, 0.15) is 0 Å². The molecule has 0 aliphatic carbocycles. The SMILES string of the molecule is O=C(Nc1cccnc1)C(F)(OC(F)(F)C(F)(OC(F)(F)C(F)(F)C(F)(F)F)C(F)(F)F)C(F)(F)F. The quantitative estimate of drug-likeness (QED) is 0.395. The average molecular weight is 572 g/mol. The lowest BCUT2D eigenvalue weighted by atomic mass is 10.2. The van der Waals surface area contributed by atoms with Crippen LogP contribution in [-0.4, -0.2) is 59.3 Å². The van der Waals surface area contributed by atoms with Gasteiger partial charge in [-0.05, 0) is 12.1 Å². The molecule has 1 amide bonds. The Kier molecular flexibility index (Phi) is 7.87. The number of alkyl halides is 17. The number of halogens is 17. The summed E-state index contributed by atoms with van der Waals surface area (Å²) in [5, 5.41) is 0.778. The van der Waals surface area contributed by atoms with Gasteiger partial charge in [0.25, 0.3) is 5.91 Å². The second-order valence-electron chi connectivity index (χ2n) is 6.19. The highest BCUT2D eigenvalue weighted by atomic mass is 19.4. The molecule has 1 aromatic heterocycles. The lowest BCUT2D eigenvalue weighted by molar-refractivity contribution is -0.548. The van der Waals surface area contributed by atoms with Crippen molar-refractivity contribution in [3.05, 3.63) is 24.5 Å². The van der Waals surface area contributed by atoms with Crippen LogP contribution >= 0.6 is 0 Å². The molecule has 2 unspecified atom stereocenters.